The largest absolute Gasteiger partial charge is 0.493 e. The van der Waals surface area contributed by atoms with Crippen molar-refractivity contribution in [3.63, 3.8) is 0 Å². The molecule has 0 aliphatic carbocycles. The monoisotopic (exact) mass is 351 g/mol. The Balaban J connectivity index is 1.94. The molecule has 0 spiro atoms. The minimum atomic E-state index is -0.527. The number of nitrogens with zero attached hydrogens (tertiary/aromatic N) is 1. The second kappa shape index (κ2) is 9.90. The predicted octanol–water partition coefficient (Wildman–Crippen LogP) is 4.17. The minimum absolute atomic E-state index is 0.202. The van der Waals surface area contributed by atoms with Crippen LogP contribution in [0, 0.1) is 11.3 Å². The molecule has 0 saturated heterocycles. The molecule has 134 valence electrons. The first-order valence-electron chi connectivity index (χ1n) is 8.33. The average Bonchev–Trinajstić information content (AvgIpc) is 2.67. The van der Waals surface area contributed by atoms with E-state index in [1.165, 1.54) is 18.7 Å². The number of nitriles is 1. The lowest BCUT2D eigenvalue weighted by atomic mass is 10.1. The van der Waals surface area contributed by atoms with Gasteiger partial charge in [0.25, 0.3) is 0 Å². The third kappa shape index (κ3) is 5.67. The Morgan fingerprint density at radius 2 is 1.92 bits per heavy atom. The summed E-state index contributed by atoms with van der Waals surface area (Å²) in [6.07, 6.45) is 5.10. The Kier molecular flexibility index (Phi) is 7.26. The number of carbonyl (C=O) groups excluding carboxylic acids is 1. The van der Waals surface area contributed by atoms with Gasteiger partial charge in [0.15, 0.2) is 18.1 Å². The molecule has 2 aromatic carbocycles. The van der Waals surface area contributed by atoms with Crippen LogP contribution in [0.5, 0.6) is 17.2 Å². The zero-order chi connectivity index (χ0) is 18.8. The second-order valence-corrected chi connectivity index (χ2v) is 5.53. The molecule has 0 atom stereocenters. The third-order valence-corrected chi connectivity index (χ3v) is 3.58. The molecule has 0 saturated carbocycles. The third-order valence-electron chi connectivity index (χ3n) is 3.58. The van der Waals surface area contributed by atoms with E-state index >= 15 is 0 Å². The number of methoxy groups -OCH3 is 1. The van der Waals surface area contributed by atoms with E-state index in [0.717, 1.165) is 18.4 Å². The number of rotatable bonds is 8. The Morgan fingerprint density at radius 1 is 1.15 bits per heavy atom. The lowest BCUT2D eigenvalue weighted by Crippen LogP contribution is -2.18. The van der Waals surface area contributed by atoms with Crippen LogP contribution in [-0.2, 0) is 11.2 Å². The van der Waals surface area contributed by atoms with Gasteiger partial charge in [0, 0.05) is 6.08 Å². The molecule has 0 N–H and O–H groups in total. The van der Waals surface area contributed by atoms with E-state index in [1.54, 1.807) is 24.3 Å². The highest BCUT2D eigenvalue weighted by atomic mass is 16.6. The quantitative estimate of drug-likeness (QED) is 0.406. The number of benzene rings is 2. The van der Waals surface area contributed by atoms with Crippen molar-refractivity contribution >= 4 is 12.0 Å². The smallest absolute Gasteiger partial charge is 0.349 e. The summed E-state index contributed by atoms with van der Waals surface area (Å²) in [5.74, 6) is 0.794. The first-order valence-corrected chi connectivity index (χ1v) is 8.33. The molecule has 0 unspecified atom stereocenters. The molecule has 26 heavy (non-hydrogen) atoms. The molecule has 0 aliphatic rings. The van der Waals surface area contributed by atoms with Crippen LogP contribution in [0.4, 0.5) is 0 Å². The zero-order valence-electron chi connectivity index (χ0n) is 14.9. The molecule has 0 radical (unpaired) electrons. The Hall–Kier alpha value is -3.26. The van der Waals surface area contributed by atoms with Gasteiger partial charge in [-0.05, 0) is 47.9 Å². The molecule has 0 aliphatic heterocycles. The van der Waals surface area contributed by atoms with Crippen LogP contribution in [0.15, 0.2) is 48.5 Å². The summed E-state index contributed by atoms with van der Waals surface area (Å²) >= 11 is 0. The fraction of sp³-hybridized carbons (Fsp3) is 0.238. The number of hydrogen-bond donors (Lipinski definition) is 0. The predicted molar refractivity (Wildman–Crippen MR) is 99.2 cm³/mol. The average molecular weight is 351 g/mol. The van der Waals surface area contributed by atoms with E-state index < -0.39 is 5.97 Å². The number of aryl methyl sites for hydroxylation is 1. The van der Waals surface area contributed by atoms with E-state index in [4.69, 9.17) is 19.5 Å². The lowest BCUT2D eigenvalue weighted by molar-refractivity contribution is -0.136. The van der Waals surface area contributed by atoms with Gasteiger partial charge in [-0.2, -0.15) is 5.26 Å². The van der Waals surface area contributed by atoms with Gasteiger partial charge in [0.05, 0.1) is 13.2 Å². The molecule has 0 heterocycles. The van der Waals surface area contributed by atoms with Crippen LogP contribution in [0.25, 0.3) is 6.08 Å². The summed E-state index contributed by atoms with van der Waals surface area (Å²) in [6, 6.07) is 14.6. The van der Waals surface area contributed by atoms with Gasteiger partial charge in [-0.1, -0.05) is 31.5 Å². The highest BCUT2D eigenvalue weighted by Gasteiger charge is 2.11. The zero-order valence-corrected chi connectivity index (χ0v) is 14.9. The number of esters is 1. The molecule has 0 aromatic heterocycles. The molecular formula is C21H21NO4. The van der Waals surface area contributed by atoms with Crippen molar-refractivity contribution in [1.82, 2.24) is 0 Å². The first kappa shape index (κ1) is 19.1. The minimum Gasteiger partial charge on any atom is -0.493 e. The Bertz CT molecular complexity index is 804. The van der Waals surface area contributed by atoms with Crippen molar-refractivity contribution in [2.24, 2.45) is 0 Å². The van der Waals surface area contributed by atoms with Crippen molar-refractivity contribution in [2.75, 3.05) is 13.7 Å². The fourth-order valence-electron chi connectivity index (χ4n) is 2.34. The summed E-state index contributed by atoms with van der Waals surface area (Å²) in [6.45, 7) is 1.92. The fourth-order valence-corrected chi connectivity index (χ4v) is 2.34. The lowest BCUT2D eigenvalue weighted by Gasteiger charge is -2.11. The number of carbonyl (C=O) groups is 1. The van der Waals surface area contributed by atoms with Gasteiger partial charge in [-0.15, -0.1) is 0 Å². The van der Waals surface area contributed by atoms with Crippen LogP contribution >= 0.6 is 0 Å². The molecule has 2 aromatic rings. The van der Waals surface area contributed by atoms with E-state index in [-0.39, 0.29) is 6.61 Å². The molecule has 0 amide bonds. The van der Waals surface area contributed by atoms with Gasteiger partial charge >= 0.3 is 5.97 Å². The SMILES string of the molecule is CCCc1ccc(OCC(=O)Oc2ccc(/C=C\C#N)cc2OC)cc1. The highest BCUT2D eigenvalue weighted by Crippen LogP contribution is 2.28. The summed E-state index contributed by atoms with van der Waals surface area (Å²) in [4.78, 5) is 12.0. The van der Waals surface area contributed by atoms with Crippen LogP contribution in [-0.4, -0.2) is 19.7 Å². The van der Waals surface area contributed by atoms with E-state index in [9.17, 15) is 4.79 Å². The maximum atomic E-state index is 12.0. The second-order valence-electron chi connectivity index (χ2n) is 5.53. The number of ether oxygens (including phenoxy) is 3. The maximum absolute atomic E-state index is 12.0. The molecule has 0 bridgehead atoms. The number of hydrogen-bond acceptors (Lipinski definition) is 5. The number of allylic oxidation sites excluding steroid dienone is 1. The topological polar surface area (TPSA) is 68.5 Å². The summed E-state index contributed by atoms with van der Waals surface area (Å²) in [5, 5.41) is 8.57. The molecule has 5 nitrogen and oxygen atoms in total. The Morgan fingerprint density at radius 3 is 2.58 bits per heavy atom. The maximum Gasteiger partial charge on any atom is 0.349 e. The molecular weight excluding hydrogens is 330 g/mol. The van der Waals surface area contributed by atoms with Crippen molar-refractivity contribution in [2.45, 2.75) is 19.8 Å². The van der Waals surface area contributed by atoms with Crippen molar-refractivity contribution in [1.29, 1.82) is 5.26 Å². The van der Waals surface area contributed by atoms with Crippen LogP contribution < -0.4 is 14.2 Å². The van der Waals surface area contributed by atoms with Crippen molar-refractivity contribution in [3.8, 4) is 23.3 Å². The highest BCUT2D eigenvalue weighted by molar-refractivity contribution is 5.75. The standard InChI is InChI=1S/C21H21NO4/c1-3-5-16-7-10-18(11-8-16)25-15-21(23)26-19-12-9-17(6-4-13-22)14-20(19)24-2/h4,6-12,14H,3,5,15H2,1-2H3/b6-4-. The molecule has 0 fully saturated rings. The van der Waals surface area contributed by atoms with Crippen LogP contribution in [0.1, 0.15) is 24.5 Å². The van der Waals surface area contributed by atoms with Crippen molar-refractivity contribution < 1.29 is 19.0 Å². The van der Waals surface area contributed by atoms with Crippen LogP contribution in [0.3, 0.4) is 0 Å². The summed E-state index contributed by atoms with van der Waals surface area (Å²) in [5.41, 5.74) is 2.00. The first-order chi connectivity index (χ1) is 12.7. The van der Waals surface area contributed by atoms with E-state index in [1.807, 2.05) is 30.3 Å². The van der Waals surface area contributed by atoms with Crippen LogP contribution in [0.2, 0.25) is 0 Å². The summed E-state index contributed by atoms with van der Waals surface area (Å²) < 4.78 is 16.0. The van der Waals surface area contributed by atoms with Gasteiger partial charge in [-0.25, -0.2) is 4.79 Å². The van der Waals surface area contributed by atoms with Gasteiger partial charge in [0.1, 0.15) is 5.75 Å². The Labute approximate surface area is 153 Å². The summed E-state index contributed by atoms with van der Waals surface area (Å²) in [7, 11) is 1.48. The van der Waals surface area contributed by atoms with E-state index in [2.05, 4.69) is 6.92 Å². The van der Waals surface area contributed by atoms with Gasteiger partial charge < -0.3 is 14.2 Å². The molecule has 5 heteroatoms. The molecule has 2 rings (SSSR count). The normalized spacial score (nSPS) is 10.3. The van der Waals surface area contributed by atoms with Crippen molar-refractivity contribution in [3.05, 3.63) is 59.7 Å². The van der Waals surface area contributed by atoms with Gasteiger partial charge in [-0.3, -0.25) is 0 Å². The van der Waals surface area contributed by atoms with Gasteiger partial charge in [0.2, 0.25) is 0 Å². The van der Waals surface area contributed by atoms with E-state index in [0.29, 0.717) is 17.2 Å².